The molecule has 2 heteroatoms. The molecule has 0 aliphatic carbocycles. The van der Waals surface area contributed by atoms with Crippen molar-refractivity contribution in [1.29, 1.82) is 0 Å². The third-order valence-electron chi connectivity index (χ3n) is 4.32. The monoisotopic (exact) mass is 290 g/mol. The molecule has 0 atom stereocenters. The van der Waals surface area contributed by atoms with Gasteiger partial charge in [-0.1, -0.05) is 31.2 Å². The van der Waals surface area contributed by atoms with E-state index in [2.05, 4.69) is 50.2 Å². The SMILES string of the molecule is CCc1ccc(-c2ccc3c(C)cc(N)cc3c2)cc1CN. The summed E-state index contributed by atoms with van der Waals surface area (Å²) in [5.74, 6) is 0. The van der Waals surface area contributed by atoms with Crippen LogP contribution in [-0.4, -0.2) is 0 Å². The molecular weight excluding hydrogens is 268 g/mol. The lowest BCUT2D eigenvalue weighted by Gasteiger charge is -2.11. The van der Waals surface area contributed by atoms with E-state index in [1.165, 1.54) is 38.6 Å². The lowest BCUT2D eigenvalue weighted by Crippen LogP contribution is -2.01. The van der Waals surface area contributed by atoms with E-state index in [9.17, 15) is 0 Å². The van der Waals surface area contributed by atoms with Gasteiger partial charge < -0.3 is 11.5 Å². The van der Waals surface area contributed by atoms with E-state index in [0.717, 1.165) is 12.1 Å². The van der Waals surface area contributed by atoms with Crippen LogP contribution in [-0.2, 0) is 13.0 Å². The zero-order valence-electron chi connectivity index (χ0n) is 13.2. The van der Waals surface area contributed by atoms with Crippen molar-refractivity contribution in [3.05, 3.63) is 65.2 Å². The maximum absolute atomic E-state index is 5.98. The number of benzene rings is 3. The molecule has 0 amide bonds. The number of rotatable bonds is 3. The van der Waals surface area contributed by atoms with E-state index < -0.39 is 0 Å². The molecule has 0 radical (unpaired) electrons. The Labute approximate surface area is 131 Å². The van der Waals surface area contributed by atoms with Crippen LogP contribution in [0.2, 0.25) is 0 Å². The average Bonchev–Trinajstić information content (AvgIpc) is 2.53. The first kappa shape index (κ1) is 14.6. The van der Waals surface area contributed by atoms with Crippen LogP contribution in [0.5, 0.6) is 0 Å². The summed E-state index contributed by atoms with van der Waals surface area (Å²) in [6.45, 7) is 4.84. The van der Waals surface area contributed by atoms with E-state index in [1.807, 2.05) is 12.1 Å². The van der Waals surface area contributed by atoms with Gasteiger partial charge in [0.25, 0.3) is 0 Å². The first-order valence-corrected chi connectivity index (χ1v) is 7.74. The molecule has 0 aliphatic heterocycles. The number of fused-ring (bicyclic) bond motifs is 1. The van der Waals surface area contributed by atoms with Crippen molar-refractivity contribution in [2.45, 2.75) is 26.8 Å². The summed E-state index contributed by atoms with van der Waals surface area (Å²) in [5.41, 5.74) is 18.9. The summed E-state index contributed by atoms with van der Waals surface area (Å²) in [6.07, 6.45) is 1.01. The van der Waals surface area contributed by atoms with Crippen molar-refractivity contribution in [3.63, 3.8) is 0 Å². The van der Waals surface area contributed by atoms with Gasteiger partial charge in [-0.2, -0.15) is 0 Å². The smallest absolute Gasteiger partial charge is 0.0323 e. The molecule has 112 valence electrons. The van der Waals surface area contributed by atoms with Crippen molar-refractivity contribution in [3.8, 4) is 11.1 Å². The Bertz CT molecular complexity index is 834. The standard InChI is InChI=1S/C20H22N2/c1-3-14-4-5-15(10-18(14)12-21)16-6-7-20-13(2)8-19(22)11-17(20)9-16/h4-11H,3,12,21-22H2,1-2H3. The molecule has 0 fully saturated rings. The molecule has 4 N–H and O–H groups in total. The minimum Gasteiger partial charge on any atom is -0.399 e. The fourth-order valence-electron chi connectivity index (χ4n) is 3.11. The van der Waals surface area contributed by atoms with Crippen molar-refractivity contribution in [1.82, 2.24) is 0 Å². The van der Waals surface area contributed by atoms with E-state index in [1.54, 1.807) is 0 Å². The number of nitrogens with two attached hydrogens (primary N) is 2. The van der Waals surface area contributed by atoms with Crippen LogP contribution >= 0.6 is 0 Å². The summed E-state index contributed by atoms with van der Waals surface area (Å²) in [4.78, 5) is 0. The van der Waals surface area contributed by atoms with Crippen LogP contribution in [0, 0.1) is 6.92 Å². The molecule has 0 bridgehead atoms. The topological polar surface area (TPSA) is 52.0 Å². The van der Waals surface area contributed by atoms with Gasteiger partial charge in [0, 0.05) is 12.2 Å². The second kappa shape index (κ2) is 5.82. The van der Waals surface area contributed by atoms with Crippen molar-refractivity contribution in [2.75, 3.05) is 5.73 Å². The lowest BCUT2D eigenvalue weighted by atomic mass is 9.95. The Morgan fingerprint density at radius 2 is 1.59 bits per heavy atom. The Balaban J connectivity index is 2.14. The predicted octanol–water partition coefficient (Wildman–Crippen LogP) is 4.42. The minimum atomic E-state index is 0.580. The molecule has 0 heterocycles. The quantitative estimate of drug-likeness (QED) is 0.702. The third-order valence-corrected chi connectivity index (χ3v) is 4.32. The molecule has 3 rings (SSSR count). The van der Waals surface area contributed by atoms with E-state index >= 15 is 0 Å². The Hall–Kier alpha value is -2.32. The van der Waals surface area contributed by atoms with Crippen LogP contribution in [0.1, 0.15) is 23.6 Å². The molecule has 0 aromatic heterocycles. The van der Waals surface area contributed by atoms with Crippen molar-refractivity contribution >= 4 is 16.5 Å². The highest BCUT2D eigenvalue weighted by atomic mass is 14.5. The Morgan fingerprint density at radius 1 is 0.864 bits per heavy atom. The highest BCUT2D eigenvalue weighted by Crippen LogP contribution is 2.29. The van der Waals surface area contributed by atoms with Crippen LogP contribution < -0.4 is 11.5 Å². The maximum Gasteiger partial charge on any atom is 0.0323 e. The van der Waals surface area contributed by atoms with Gasteiger partial charge in [-0.05, 0) is 76.2 Å². The van der Waals surface area contributed by atoms with Gasteiger partial charge in [0.05, 0.1) is 0 Å². The zero-order chi connectivity index (χ0) is 15.7. The van der Waals surface area contributed by atoms with Gasteiger partial charge in [0.1, 0.15) is 0 Å². The maximum atomic E-state index is 5.98. The molecule has 2 nitrogen and oxygen atoms in total. The van der Waals surface area contributed by atoms with Crippen LogP contribution in [0.15, 0.2) is 48.5 Å². The van der Waals surface area contributed by atoms with Gasteiger partial charge in [0.15, 0.2) is 0 Å². The van der Waals surface area contributed by atoms with Crippen LogP contribution in [0.25, 0.3) is 21.9 Å². The summed E-state index contributed by atoms with van der Waals surface area (Å²) < 4.78 is 0. The summed E-state index contributed by atoms with van der Waals surface area (Å²) in [5, 5.41) is 2.44. The molecule has 3 aromatic carbocycles. The molecule has 0 aliphatic rings. The molecular formula is C20H22N2. The highest BCUT2D eigenvalue weighted by molar-refractivity contribution is 5.92. The van der Waals surface area contributed by atoms with Crippen LogP contribution in [0.4, 0.5) is 5.69 Å². The molecule has 22 heavy (non-hydrogen) atoms. The lowest BCUT2D eigenvalue weighted by molar-refractivity contribution is 1.00. The molecule has 0 saturated heterocycles. The Kier molecular flexibility index (Phi) is 3.86. The molecule has 0 unspecified atom stereocenters. The van der Waals surface area contributed by atoms with E-state index in [0.29, 0.717) is 6.54 Å². The first-order valence-electron chi connectivity index (χ1n) is 7.74. The second-order valence-corrected chi connectivity index (χ2v) is 5.81. The van der Waals surface area contributed by atoms with E-state index in [4.69, 9.17) is 11.5 Å². The number of hydrogen-bond acceptors (Lipinski definition) is 2. The first-order chi connectivity index (χ1) is 10.6. The number of hydrogen-bond donors (Lipinski definition) is 2. The van der Waals surface area contributed by atoms with Gasteiger partial charge in [0.2, 0.25) is 0 Å². The van der Waals surface area contributed by atoms with Crippen molar-refractivity contribution in [2.24, 2.45) is 5.73 Å². The van der Waals surface area contributed by atoms with E-state index in [-0.39, 0.29) is 0 Å². The minimum absolute atomic E-state index is 0.580. The summed E-state index contributed by atoms with van der Waals surface area (Å²) in [6, 6.07) is 17.2. The number of anilines is 1. The van der Waals surface area contributed by atoms with Gasteiger partial charge in [-0.15, -0.1) is 0 Å². The largest absolute Gasteiger partial charge is 0.399 e. The fraction of sp³-hybridized carbons (Fsp3) is 0.200. The highest BCUT2D eigenvalue weighted by Gasteiger charge is 2.06. The summed E-state index contributed by atoms with van der Waals surface area (Å²) in [7, 11) is 0. The van der Waals surface area contributed by atoms with Gasteiger partial charge in [-0.3, -0.25) is 0 Å². The summed E-state index contributed by atoms with van der Waals surface area (Å²) >= 11 is 0. The number of nitrogen functional groups attached to an aromatic ring is 1. The van der Waals surface area contributed by atoms with Gasteiger partial charge in [-0.25, -0.2) is 0 Å². The fourth-order valence-corrected chi connectivity index (χ4v) is 3.11. The molecule has 0 saturated carbocycles. The van der Waals surface area contributed by atoms with Crippen molar-refractivity contribution < 1.29 is 0 Å². The van der Waals surface area contributed by atoms with Crippen LogP contribution in [0.3, 0.4) is 0 Å². The normalized spacial score (nSPS) is 11.0. The zero-order valence-corrected chi connectivity index (χ0v) is 13.2. The molecule has 3 aromatic rings. The third kappa shape index (κ3) is 2.58. The second-order valence-electron chi connectivity index (χ2n) is 5.81. The average molecular weight is 290 g/mol. The predicted molar refractivity (Wildman–Crippen MR) is 95.8 cm³/mol. The number of aryl methyl sites for hydroxylation is 2. The molecule has 0 spiro atoms. The Morgan fingerprint density at radius 3 is 2.32 bits per heavy atom. The van der Waals surface area contributed by atoms with Gasteiger partial charge >= 0.3 is 0 Å².